The number of fused-ring (bicyclic) bond motifs is 5. The molecule has 1 N–H and O–H groups in total. The van der Waals surface area contributed by atoms with Crippen LogP contribution >= 0.6 is 0 Å². The predicted octanol–water partition coefficient (Wildman–Crippen LogP) is 2.62. The highest BCUT2D eigenvalue weighted by Crippen LogP contribution is 2.53. The first-order chi connectivity index (χ1) is 14.7. The molecule has 2 aliphatic carbocycles. The molecule has 1 heterocycles. The van der Waals surface area contributed by atoms with Crippen molar-refractivity contribution in [2.75, 3.05) is 11.9 Å². The molecule has 7 heteroatoms. The van der Waals surface area contributed by atoms with Crippen molar-refractivity contribution < 1.29 is 23.9 Å². The normalized spacial score (nSPS) is 27.1. The second-order valence-electron chi connectivity index (χ2n) is 9.21. The van der Waals surface area contributed by atoms with Crippen molar-refractivity contribution in [2.24, 2.45) is 29.6 Å². The van der Waals surface area contributed by atoms with E-state index in [4.69, 9.17) is 4.74 Å². The number of amides is 3. The summed E-state index contributed by atoms with van der Waals surface area (Å²) in [6.45, 7) is 6.90. The first kappa shape index (κ1) is 21.3. The Bertz CT molecular complexity index is 952. The van der Waals surface area contributed by atoms with Gasteiger partial charge in [-0.2, -0.15) is 0 Å². The second kappa shape index (κ2) is 7.94. The van der Waals surface area contributed by atoms with Gasteiger partial charge in [-0.3, -0.25) is 19.3 Å². The Hall–Kier alpha value is -2.96. The van der Waals surface area contributed by atoms with Crippen molar-refractivity contribution in [1.29, 1.82) is 0 Å². The van der Waals surface area contributed by atoms with E-state index in [1.807, 2.05) is 38.1 Å². The molecule has 4 rings (SSSR count). The number of benzene rings is 1. The molecule has 2 fully saturated rings. The van der Waals surface area contributed by atoms with E-state index in [9.17, 15) is 19.2 Å². The number of rotatable bonds is 6. The van der Waals surface area contributed by atoms with Gasteiger partial charge in [-0.25, -0.2) is 4.79 Å². The summed E-state index contributed by atoms with van der Waals surface area (Å²) in [4.78, 5) is 52.4. The first-order valence-electron chi connectivity index (χ1n) is 10.8. The molecule has 1 saturated heterocycles. The third-order valence-electron chi connectivity index (χ3n) is 6.66. The minimum Gasteiger partial charge on any atom is -0.454 e. The number of ether oxygens (including phenoxy) is 1. The predicted molar refractivity (Wildman–Crippen MR) is 114 cm³/mol. The van der Waals surface area contributed by atoms with Crippen LogP contribution in [0.25, 0.3) is 0 Å². The maximum atomic E-state index is 13.1. The lowest BCUT2D eigenvalue weighted by Crippen LogP contribution is -2.50. The lowest BCUT2D eigenvalue weighted by molar-refractivity contribution is -0.162. The number of aryl methyl sites for hydroxylation is 2. The lowest BCUT2D eigenvalue weighted by Gasteiger charge is -2.28. The molecule has 0 aromatic heterocycles. The first-order valence-corrected chi connectivity index (χ1v) is 10.8. The summed E-state index contributed by atoms with van der Waals surface area (Å²) in [5, 5.41) is 2.73. The van der Waals surface area contributed by atoms with E-state index in [0.717, 1.165) is 22.4 Å². The molecule has 5 atom stereocenters. The van der Waals surface area contributed by atoms with E-state index < -0.39 is 24.5 Å². The zero-order chi connectivity index (χ0) is 22.4. The Morgan fingerprint density at radius 2 is 1.71 bits per heavy atom. The standard InChI is InChI=1S/C24H28N2O5/c1-12(2)21(26-22(28)19-15-6-7-16(10-15)20(19)23(26)29)24(30)31-11-18(27)25-17-8-5-13(3)9-14(17)4/h5-9,12,15-16,19-21H,10-11H2,1-4H3,(H,25,27)/t15-,16-,19-,20+,21-/m0/s1. The van der Waals surface area contributed by atoms with Gasteiger partial charge < -0.3 is 10.1 Å². The molecular formula is C24H28N2O5. The fourth-order valence-corrected chi connectivity index (χ4v) is 5.24. The summed E-state index contributed by atoms with van der Waals surface area (Å²) in [5.41, 5.74) is 2.63. The molecule has 3 aliphatic rings. The number of hydrogen-bond acceptors (Lipinski definition) is 5. The van der Waals surface area contributed by atoms with E-state index in [1.54, 1.807) is 19.9 Å². The van der Waals surface area contributed by atoms with Gasteiger partial charge in [-0.15, -0.1) is 0 Å². The zero-order valence-corrected chi connectivity index (χ0v) is 18.3. The van der Waals surface area contributed by atoms with E-state index in [2.05, 4.69) is 5.32 Å². The van der Waals surface area contributed by atoms with E-state index in [0.29, 0.717) is 5.69 Å². The Morgan fingerprint density at radius 1 is 1.10 bits per heavy atom. The van der Waals surface area contributed by atoms with E-state index in [1.165, 1.54) is 0 Å². The fourth-order valence-electron chi connectivity index (χ4n) is 5.24. The number of imide groups is 1. The number of carbonyl (C=O) groups excluding carboxylic acids is 4. The topological polar surface area (TPSA) is 92.8 Å². The molecule has 0 unspecified atom stereocenters. The summed E-state index contributed by atoms with van der Waals surface area (Å²) in [5.74, 6) is -2.70. The van der Waals surface area contributed by atoms with Gasteiger partial charge in [0, 0.05) is 5.69 Å². The van der Waals surface area contributed by atoms with Crippen LogP contribution in [0.1, 0.15) is 31.4 Å². The number of hydrogen-bond donors (Lipinski definition) is 1. The summed E-state index contributed by atoms with van der Waals surface area (Å²) in [7, 11) is 0. The maximum Gasteiger partial charge on any atom is 0.330 e. The van der Waals surface area contributed by atoms with E-state index in [-0.39, 0.29) is 41.4 Å². The second-order valence-corrected chi connectivity index (χ2v) is 9.21. The fraction of sp³-hybridized carbons (Fsp3) is 0.500. The van der Waals surface area contributed by atoms with Crippen LogP contribution in [-0.2, 0) is 23.9 Å². The molecule has 3 amide bonds. The van der Waals surface area contributed by atoms with Crippen LogP contribution in [0.5, 0.6) is 0 Å². The Morgan fingerprint density at radius 3 is 2.26 bits per heavy atom. The third kappa shape index (κ3) is 3.66. The highest BCUT2D eigenvalue weighted by molar-refractivity contribution is 6.09. The highest BCUT2D eigenvalue weighted by Gasteiger charge is 2.61. The van der Waals surface area contributed by atoms with Crippen molar-refractivity contribution in [2.45, 2.75) is 40.2 Å². The van der Waals surface area contributed by atoms with Crippen molar-refractivity contribution >= 4 is 29.4 Å². The molecule has 7 nitrogen and oxygen atoms in total. The molecule has 1 aliphatic heterocycles. The van der Waals surface area contributed by atoms with Gasteiger partial charge >= 0.3 is 5.97 Å². The molecule has 1 aromatic rings. The van der Waals surface area contributed by atoms with Gasteiger partial charge in [0.2, 0.25) is 11.8 Å². The van der Waals surface area contributed by atoms with Gasteiger partial charge in [0.15, 0.2) is 6.61 Å². The molecule has 164 valence electrons. The largest absolute Gasteiger partial charge is 0.454 e. The average molecular weight is 424 g/mol. The summed E-state index contributed by atoms with van der Waals surface area (Å²) in [6.07, 6.45) is 4.86. The molecule has 0 radical (unpaired) electrons. The summed E-state index contributed by atoms with van der Waals surface area (Å²) in [6, 6.07) is 4.59. The molecule has 31 heavy (non-hydrogen) atoms. The molecule has 0 spiro atoms. The molecule has 1 aromatic carbocycles. The van der Waals surface area contributed by atoms with Crippen LogP contribution in [0.15, 0.2) is 30.4 Å². The molecule has 2 bridgehead atoms. The smallest absolute Gasteiger partial charge is 0.330 e. The number of esters is 1. The van der Waals surface area contributed by atoms with Crippen molar-refractivity contribution in [1.82, 2.24) is 4.90 Å². The highest BCUT2D eigenvalue weighted by atomic mass is 16.5. The SMILES string of the molecule is Cc1ccc(NC(=O)COC(=O)[C@H](C(C)C)N2C(=O)[C@@H]3[C@H](C2=O)[C@H]2C=C[C@H]3C2)c(C)c1. The third-order valence-corrected chi connectivity index (χ3v) is 6.66. The minimum atomic E-state index is -1.03. The quantitative estimate of drug-likeness (QED) is 0.431. The van der Waals surface area contributed by atoms with Crippen LogP contribution in [0.2, 0.25) is 0 Å². The van der Waals surface area contributed by atoms with Gasteiger partial charge in [-0.1, -0.05) is 43.7 Å². The van der Waals surface area contributed by atoms with Crippen LogP contribution in [0, 0.1) is 43.4 Å². The van der Waals surface area contributed by atoms with E-state index >= 15 is 0 Å². The number of allylic oxidation sites excluding steroid dienone is 2. The van der Waals surface area contributed by atoms with Gasteiger partial charge in [0.1, 0.15) is 6.04 Å². The Kier molecular flexibility index (Phi) is 5.45. The average Bonchev–Trinajstić information content (AvgIpc) is 3.38. The van der Waals surface area contributed by atoms with Crippen LogP contribution in [0.4, 0.5) is 5.69 Å². The van der Waals surface area contributed by atoms with Gasteiger partial charge in [0.05, 0.1) is 11.8 Å². The monoisotopic (exact) mass is 424 g/mol. The molecular weight excluding hydrogens is 396 g/mol. The number of nitrogens with zero attached hydrogens (tertiary/aromatic N) is 1. The lowest BCUT2D eigenvalue weighted by atomic mass is 9.85. The zero-order valence-electron chi connectivity index (χ0n) is 18.3. The maximum absolute atomic E-state index is 13.1. The summed E-state index contributed by atoms with van der Waals surface area (Å²) < 4.78 is 5.25. The van der Waals surface area contributed by atoms with Crippen molar-refractivity contribution in [3.63, 3.8) is 0 Å². The summed E-state index contributed by atoms with van der Waals surface area (Å²) >= 11 is 0. The Balaban J connectivity index is 1.42. The Labute approximate surface area is 181 Å². The van der Waals surface area contributed by atoms with Gasteiger partial charge in [0.25, 0.3) is 5.91 Å². The van der Waals surface area contributed by atoms with Crippen molar-refractivity contribution in [3.05, 3.63) is 41.5 Å². The number of anilines is 1. The van der Waals surface area contributed by atoms with Crippen molar-refractivity contribution in [3.8, 4) is 0 Å². The molecule has 1 saturated carbocycles. The van der Waals surface area contributed by atoms with Gasteiger partial charge in [-0.05, 0) is 49.7 Å². The number of likely N-dealkylation sites (tertiary alicyclic amines) is 1. The minimum absolute atomic E-state index is 0.0730. The number of nitrogens with one attached hydrogen (secondary N) is 1. The van der Waals surface area contributed by atoms with Crippen LogP contribution in [-0.4, -0.2) is 41.2 Å². The number of carbonyl (C=O) groups is 4. The van der Waals surface area contributed by atoms with Crippen LogP contribution in [0.3, 0.4) is 0 Å². The van der Waals surface area contributed by atoms with Crippen LogP contribution < -0.4 is 5.32 Å².